The number of carbonyl (C=O) groups excluding carboxylic acids is 1. The van der Waals surface area contributed by atoms with Gasteiger partial charge in [-0.25, -0.2) is 4.98 Å². The second-order valence-corrected chi connectivity index (χ2v) is 9.91. The molecular weight excluding hydrogens is 476 g/mol. The molecule has 0 aliphatic carbocycles. The molecule has 1 aliphatic rings. The lowest BCUT2D eigenvalue weighted by Gasteiger charge is -2.23. The number of hydrogen-bond donors (Lipinski definition) is 0. The summed E-state index contributed by atoms with van der Waals surface area (Å²) in [5.41, 5.74) is 2.04. The Balaban J connectivity index is 1.71. The number of amides is 1. The molecular formula is C28H28N2O5S. The molecule has 36 heavy (non-hydrogen) atoms. The Bertz CT molecular complexity index is 1490. The number of anilines is 1. The van der Waals surface area contributed by atoms with Gasteiger partial charge in [-0.2, -0.15) is 0 Å². The lowest BCUT2D eigenvalue weighted by molar-refractivity contribution is 0.0971. The second kappa shape index (κ2) is 9.78. The van der Waals surface area contributed by atoms with E-state index in [0.29, 0.717) is 46.4 Å². The standard InChI is InChI=1S/C28H28N2O5S/c1-5-7-14-34-21-13-12-18(15-22(21)33-6-2)24-23-25(31)19-10-8-9-11-20(19)35-26(23)27(32)30(24)28-29-16(3)17(4)36-28/h8-13,15,24H,5-7,14H2,1-4H3/t24-/m1/s1. The van der Waals surface area contributed by atoms with Gasteiger partial charge in [-0.1, -0.05) is 31.5 Å². The summed E-state index contributed by atoms with van der Waals surface area (Å²) in [6, 6.07) is 11.9. The van der Waals surface area contributed by atoms with Crippen LogP contribution in [0.25, 0.3) is 11.0 Å². The Morgan fingerprint density at radius 3 is 2.58 bits per heavy atom. The van der Waals surface area contributed by atoms with Gasteiger partial charge in [0.25, 0.3) is 5.91 Å². The van der Waals surface area contributed by atoms with Crippen LogP contribution in [0.2, 0.25) is 0 Å². The molecule has 3 heterocycles. The number of ether oxygens (including phenoxy) is 2. The van der Waals surface area contributed by atoms with E-state index in [1.807, 2.05) is 39.0 Å². The summed E-state index contributed by atoms with van der Waals surface area (Å²) < 4.78 is 17.9. The topological polar surface area (TPSA) is 81.9 Å². The molecule has 0 bridgehead atoms. The third-order valence-electron chi connectivity index (χ3n) is 6.34. The average molecular weight is 505 g/mol. The number of unbranched alkanes of at least 4 members (excludes halogenated alkanes) is 1. The number of thiazole rings is 1. The van der Waals surface area contributed by atoms with Crippen molar-refractivity contribution >= 4 is 33.3 Å². The fourth-order valence-electron chi connectivity index (χ4n) is 4.40. The first-order chi connectivity index (χ1) is 17.4. The van der Waals surface area contributed by atoms with Crippen molar-refractivity contribution in [2.75, 3.05) is 18.1 Å². The summed E-state index contributed by atoms with van der Waals surface area (Å²) in [6.45, 7) is 8.93. The van der Waals surface area contributed by atoms with E-state index in [0.717, 1.165) is 29.0 Å². The summed E-state index contributed by atoms with van der Waals surface area (Å²) >= 11 is 1.42. The van der Waals surface area contributed by atoms with Gasteiger partial charge >= 0.3 is 0 Å². The van der Waals surface area contributed by atoms with Crippen LogP contribution in [0.5, 0.6) is 11.5 Å². The molecule has 186 valence electrons. The quantitative estimate of drug-likeness (QED) is 0.266. The fraction of sp³-hybridized carbons (Fsp3) is 0.321. The first kappa shape index (κ1) is 24.1. The van der Waals surface area contributed by atoms with E-state index in [1.54, 1.807) is 29.2 Å². The summed E-state index contributed by atoms with van der Waals surface area (Å²) in [7, 11) is 0. The third kappa shape index (κ3) is 4.05. The molecule has 0 spiro atoms. The molecule has 0 radical (unpaired) electrons. The first-order valence-electron chi connectivity index (χ1n) is 12.2. The van der Waals surface area contributed by atoms with Crippen LogP contribution in [0.3, 0.4) is 0 Å². The molecule has 0 N–H and O–H groups in total. The number of aromatic nitrogens is 1. The third-order valence-corrected chi connectivity index (χ3v) is 7.41. The Kier molecular flexibility index (Phi) is 6.53. The highest BCUT2D eigenvalue weighted by Crippen LogP contribution is 2.44. The van der Waals surface area contributed by atoms with Crippen molar-refractivity contribution < 1.29 is 18.7 Å². The smallest absolute Gasteiger partial charge is 0.297 e. The maximum Gasteiger partial charge on any atom is 0.297 e. The van der Waals surface area contributed by atoms with Crippen LogP contribution in [0.1, 0.15) is 65.0 Å². The zero-order chi connectivity index (χ0) is 25.4. The molecule has 2 aromatic heterocycles. The average Bonchev–Trinajstić information content (AvgIpc) is 3.36. The number of benzene rings is 2. The summed E-state index contributed by atoms with van der Waals surface area (Å²) in [5.74, 6) is 0.878. The molecule has 0 fully saturated rings. The SMILES string of the molecule is CCCCOc1ccc([C@@H]2c3c(oc4ccccc4c3=O)C(=O)N2c2nc(C)c(C)s2)cc1OCC. The zero-order valence-corrected chi connectivity index (χ0v) is 21.6. The summed E-state index contributed by atoms with van der Waals surface area (Å²) in [4.78, 5) is 34.7. The van der Waals surface area contributed by atoms with Gasteiger partial charge in [0.2, 0.25) is 5.76 Å². The van der Waals surface area contributed by atoms with E-state index in [-0.39, 0.29) is 17.1 Å². The van der Waals surface area contributed by atoms with Crippen molar-refractivity contribution in [1.29, 1.82) is 0 Å². The highest BCUT2D eigenvalue weighted by molar-refractivity contribution is 7.15. The van der Waals surface area contributed by atoms with Crippen molar-refractivity contribution in [3.8, 4) is 11.5 Å². The number of fused-ring (bicyclic) bond motifs is 2. The predicted molar refractivity (Wildman–Crippen MR) is 141 cm³/mol. The van der Waals surface area contributed by atoms with Crippen LogP contribution >= 0.6 is 11.3 Å². The minimum atomic E-state index is -0.706. The molecule has 5 rings (SSSR count). The van der Waals surface area contributed by atoms with Crippen molar-refractivity contribution in [1.82, 2.24) is 4.98 Å². The van der Waals surface area contributed by atoms with E-state index in [4.69, 9.17) is 13.9 Å². The van der Waals surface area contributed by atoms with Gasteiger partial charge in [0.1, 0.15) is 5.58 Å². The Labute approximate surface area is 213 Å². The van der Waals surface area contributed by atoms with E-state index < -0.39 is 6.04 Å². The van der Waals surface area contributed by atoms with E-state index >= 15 is 0 Å². The number of rotatable bonds is 8. The Hall–Kier alpha value is -3.65. The van der Waals surface area contributed by atoms with E-state index in [9.17, 15) is 9.59 Å². The van der Waals surface area contributed by atoms with Crippen LogP contribution in [-0.4, -0.2) is 24.1 Å². The maximum atomic E-state index is 13.8. The molecule has 4 aromatic rings. The number of aryl methyl sites for hydroxylation is 2. The van der Waals surface area contributed by atoms with Crippen LogP contribution < -0.4 is 19.8 Å². The van der Waals surface area contributed by atoms with Crippen LogP contribution in [-0.2, 0) is 0 Å². The van der Waals surface area contributed by atoms with Crippen molar-refractivity contribution in [2.24, 2.45) is 0 Å². The highest BCUT2D eigenvalue weighted by atomic mass is 32.1. The highest BCUT2D eigenvalue weighted by Gasteiger charge is 2.45. The maximum absolute atomic E-state index is 13.8. The lowest BCUT2D eigenvalue weighted by Crippen LogP contribution is -2.29. The van der Waals surface area contributed by atoms with Gasteiger partial charge in [0, 0.05) is 4.88 Å². The van der Waals surface area contributed by atoms with E-state index in [1.165, 1.54) is 11.3 Å². The molecule has 0 unspecified atom stereocenters. The molecule has 1 atom stereocenters. The number of carbonyl (C=O) groups is 1. The lowest BCUT2D eigenvalue weighted by atomic mass is 9.98. The monoisotopic (exact) mass is 504 g/mol. The van der Waals surface area contributed by atoms with Crippen molar-refractivity contribution in [2.45, 2.75) is 46.6 Å². The molecule has 0 saturated heterocycles. The predicted octanol–water partition coefficient (Wildman–Crippen LogP) is 6.19. The first-order valence-corrected chi connectivity index (χ1v) is 13.0. The normalized spacial score (nSPS) is 14.9. The molecule has 2 aromatic carbocycles. The number of nitrogens with zero attached hydrogens (tertiary/aromatic N) is 2. The molecule has 8 heteroatoms. The summed E-state index contributed by atoms with van der Waals surface area (Å²) in [6.07, 6.45) is 1.96. The van der Waals surface area contributed by atoms with Crippen molar-refractivity contribution in [3.63, 3.8) is 0 Å². The number of hydrogen-bond acceptors (Lipinski definition) is 7. The van der Waals surface area contributed by atoms with Crippen LogP contribution in [0, 0.1) is 13.8 Å². The molecule has 1 amide bonds. The van der Waals surface area contributed by atoms with Crippen LogP contribution in [0.15, 0.2) is 51.7 Å². The van der Waals surface area contributed by atoms with Gasteiger partial charge in [0.15, 0.2) is 22.1 Å². The second-order valence-electron chi connectivity index (χ2n) is 8.73. The minimum Gasteiger partial charge on any atom is -0.490 e. The number of para-hydroxylation sites is 1. The van der Waals surface area contributed by atoms with Crippen LogP contribution in [0.4, 0.5) is 5.13 Å². The molecule has 7 nitrogen and oxygen atoms in total. The van der Waals surface area contributed by atoms with Gasteiger partial charge in [-0.05, 0) is 57.0 Å². The minimum absolute atomic E-state index is 0.0513. The Morgan fingerprint density at radius 1 is 1.06 bits per heavy atom. The van der Waals surface area contributed by atoms with Crippen molar-refractivity contribution in [3.05, 3.63) is 80.1 Å². The van der Waals surface area contributed by atoms with Gasteiger partial charge in [-0.15, -0.1) is 11.3 Å². The van der Waals surface area contributed by atoms with Gasteiger partial charge < -0.3 is 13.9 Å². The molecule has 1 aliphatic heterocycles. The van der Waals surface area contributed by atoms with Gasteiger partial charge in [-0.3, -0.25) is 14.5 Å². The zero-order valence-electron chi connectivity index (χ0n) is 20.8. The van der Waals surface area contributed by atoms with Gasteiger partial charge in [0.05, 0.1) is 35.9 Å². The summed E-state index contributed by atoms with van der Waals surface area (Å²) in [5, 5.41) is 0.961. The Morgan fingerprint density at radius 2 is 1.86 bits per heavy atom. The van der Waals surface area contributed by atoms with E-state index in [2.05, 4.69) is 11.9 Å². The molecule has 0 saturated carbocycles. The largest absolute Gasteiger partial charge is 0.490 e. The fourth-order valence-corrected chi connectivity index (χ4v) is 5.34.